The molecule has 1 nitrogen and oxygen atoms in total. The molecule has 16 heavy (non-hydrogen) atoms. The lowest BCUT2D eigenvalue weighted by Crippen LogP contribution is -2.38. The van der Waals surface area contributed by atoms with Gasteiger partial charge < -0.3 is 5.73 Å². The van der Waals surface area contributed by atoms with Crippen LogP contribution in [-0.2, 0) is 6.42 Å². The number of hydrogen-bond donors (Lipinski definition) is 1. The molecule has 0 fully saturated rings. The highest BCUT2D eigenvalue weighted by Crippen LogP contribution is 2.28. The zero-order chi connectivity index (χ0) is 12.3. The third-order valence-corrected chi connectivity index (χ3v) is 4.27. The minimum Gasteiger partial charge on any atom is -0.327 e. The van der Waals surface area contributed by atoms with Crippen molar-refractivity contribution in [2.75, 3.05) is 0 Å². The SMILES string of the molecule is CCC(C)(C)C(N)Cc1cccc(F)c1Br. The molecule has 0 aliphatic carbocycles. The van der Waals surface area contributed by atoms with Crippen LogP contribution in [0.2, 0.25) is 0 Å². The van der Waals surface area contributed by atoms with E-state index in [0.717, 1.165) is 12.0 Å². The zero-order valence-electron chi connectivity index (χ0n) is 10.1. The minimum absolute atomic E-state index is 0.0376. The quantitative estimate of drug-likeness (QED) is 0.893. The van der Waals surface area contributed by atoms with Crippen molar-refractivity contribution in [2.45, 2.75) is 39.7 Å². The zero-order valence-corrected chi connectivity index (χ0v) is 11.6. The molecule has 1 aromatic rings. The molecule has 3 heteroatoms. The van der Waals surface area contributed by atoms with E-state index in [1.807, 2.05) is 6.07 Å². The summed E-state index contributed by atoms with van der Waals surface area (Å²) >= 11 is 3.27. The van der Waals surface area contributed by atoms with Crippen LogP contribution in [0.5, 0.6) is 0 Å². The van der Waals surface area contributed by atoms with Crippen LogP contribution in [0.15, 0.2) is 22.7 Å². The van der Waals surface area contributed by atoms with Crippen molar-refractivity contribution in [3.63, 3.8) is 0 Å². The van der Waals surface area contributed by atoms with Crippen LogP contribution in [0, 0.1) is 11.2 Å². The van der Waals surface area contributed by atoms with E-state index in [0.29, 0.717) is 10.9 Å². The van der Waals surface area contributed by atoms with E-state index in [9.17, 15) is 4.39 Å². The Morgan fingerprint density at radius 3 is 2.62 bits per heavy atom. The summed E-state index contributed by atoms with van der Waals surface area (Å²) in [4.78, 5) is 0. The fraction of sp³-hybridized carbons (Fsp3) is 0.538. The molecule has 0 saturated heterocycles. The summed E-state index contributed by atoms with van der Waals surface area (Å²) in [5.41, 5.74) is 7.18. The van der Waals surface area contributed by atoms with Crippen LogP contribution in [-0.4, -0.2) is 6.04 Å². The van der Waals surface area contributed by atoms with E-state index in [1.165, 1.54) is 6.07 Å². The van der Waals surface area contributed by atoms with Gasteiger partial charge in [-0.2, -0.15) is 0 Å². The lowest BCUT2D eigenvalue weighted by Gasteiger charge is -2.30. The lowest BCUT2D eigenvalue weighted by molar-refractivity contribution is 0.272. The van der Waals surface area contributed by atoms with E-state index in [1.54, 1.807) is 6.07 Å². The van der Waals surface area contributed by atoms with Gasteiger partial charge in [0, 0.05) is 6.04 Å². The highest BCUT2D eigenvalue weighted by Gasteiger charge is 2.25. The minimum atomic E-state index is -0.223. The molecular formula is C13H19BrFN. The molecule has 0 heterocycles. The summed E-state index contributed by atoms with van der Waals surface area (Å²) in [5, 5.41) is 0. The van der Waals surface area contributed by atoms with Crippen molar-refractivity contribution in [3.8, 4) is 0 Å². The first kappa shape index (κ1) is 13.7. The highest BCUT2D eigenvalue weighted by molar-refractivity contribution is 9.10. The maximum Gasteiger partial charge on any atom is 0.137 e. The molecule has 0 aromatic heterocycles. The van der Waals surface area contributed by atoms with Gasteiger partial charge in [0.15, 0.2) is 0 Å². The Kier molecular flexibility index (Phi) is 4.51. The van der Waals surface area contributed by atoms with Crippen LogP contribution in [0.3, 0.4) is 0 Å². The highest BCUT2D eigenvalue weighted by atomic mass is 79.9. The van der Waals surface area contributed by atoms with Crippen LogP contribution in [0.25, 0.3) is 0 Å². The second-order valence-corrected chi connectivity index (χ2v) is 5.66. The topological polar surface area (TPSA) is 26.0 Å². The lowest BCUT2D eigenvalue weighted by atomic mass is 9.79. The molecule has 0 spiro atoms. The monoisotopic (exact) mass is 287 g/mol. The summed E-state index contributed by atoms with van der Waals surface area (Å²) in [6.07, 6.45) is 1.71. The van der Waals surface area contributed by atoms with Crippen LogP contribution >= 0.6 is 15.9 Å². The van der Waals surface area contributed by atoms with Gasteiger partial charge in [0.1, 0.15) is 5.82 Å². The van der Waals surface area contributed by atoms with Crippen molar-refractivity contribution in [2.24, 2.45) is 11.1 Å². The van der Waals surface area contributed by atoms with E-state index < -0.39 is 0 Å². The molecule has 1 aromatic carbocycles. The Labute approximate surface area is 105 Å². The van der Waals surface area contributed by atoms with Crippen molar-refractivity contribution in [3.05, 3.63) is 34.1 Å². The molecule has 0 radical (unpaired) electrons. The van der Waals surface area contributed by atoms with Crippen molar-refractivity contribution in [1.82, 2.24) is 0 Å². The molecule has 1 rings (SSSR count). The average Bonchev–Trinajstić information content (AvgIpc) is 2.24. The summed E-state index contributed by atoms with van der Waals surface area (Å²) < 4.78 is 13.9. The number of halogens is 2. The van der Waals surface area contributed by atoms with Gasteiger partial charge in [-0.15, -0.1) is 0 Å². The molecule has 0 bridgehead atoms. The smallest absolute Gasteiger partial charge is 0.137 e. The summed E-state index contributed by atoms with van der Waals surface area (Å²) in [6, 6.07) is 5.12. The standard InChI is InChI=1S/C13H19BrFN/c1-4-13(2,3)11(16)8-9-6-5-7-10(15)12(9)14/h5-7,11H,4,8,16H2,1-3H3. The summed E-state index contributed by atoms with van der Waals surface area (Å²) in [5.74, 6) is -0.223. The molecule has 1 atom stereocenters. The third kappa shape index (κ3) is 3.05. The van der Waals surface area contributed by atoms with Crippen molar-refractivity contribution >= 4 is 15.9 Å². The molecule has 90 valence electrons. The Morgan fingerprint density at radius 1 is 1.44 bits per heavy atom. The third-order valence-electron chi connectivity index (χ3n) is 3.39. The second-order valence-electron chi connectivity index (χ2n) is 4.87. The molecule has 2 N–H and O–H groups in total. The number of hydrogen-bond acceptors (Lipinski definition) is 1. The van der Waals surface area contributed by atoms with E-state index in [-0.39, 0.29) is 17.3 Å². The van der Waals surface area contributed by atoms with Gasteiger partial charge >= 0.3 is 0 Å². The van der Waals surface area contributed by atoms with Crippen LogP contribution in [0.1, 0.15) is 32.8 Å². The predicted octanol–water partition coefficient (Wildman–Crippen LogP) is 3.89. The maximum atomic E-state index is 13.3. The fourth-order valence-electron chi connectivity index (χ4n) is 1.48. The molecule has 0 amide bonds. The predicted molar refractivity (Wildman–Crippen MR) is 69.9 cm³/mol. The van der Waals surface area contributed by atoms with E-state index in [4.69, 9.17) is 5.73 Å². The fourth-order valence-corrected chi connectivity index (χ4v) is 1.91. The normalized spacial score (nSPS) is 13.9. The Balaban J connectivity index is 2.85. The van der Waals surface area contributed by atoms with Gasteiger partial charge in [0.05, 0.1) is 4.47 Å². The Morgan fingerprint density at radius 2 is 2.06 bits per heavy atom. The molecule has 0 aliphatic rings. The maximum absolute atomic E-state index is 13.3. The first-order chi connectivity index (χ1) is 7.38. The number of benzene rings is 1. The molecular weight excluding hydrogens is 269 g/mol. The first-order valence-electron chi connectivity index (χ1n) is 5.57. The van der Waals surface area contributed by atoms with Gasteiger partial charge in [-0.1, -0.05) is 32.9 Å². The van der Waals surface area contributed by atoms with Gasteiger partial charge in [-0.3, -0.25) is 0 Å². The van der Waals surface area contributed by atoms with Crippen molar-refractivity contribution in [1.29, 1.82) is 0 Å². The largest absolute Gasteiger partial charge is 0.327 e. The van der Waals surface area contributed by atoms with Crippen LogP contribution < -0.4 is 5.73 Å². The number of nitrogens with two attached hydrogens (primary N) is 1. The van der Waals surface area contributed by atoms with Gasteiger partial charge in [0.25, 0.3) is 0 Å². The van der Waals surface area contributed by atoms with Crippen LogP contribution in [0.4, 0.5) is 4.39 Å². The molecule has 0 saturated carbocycles. The number of rotatable bonds is 4. The first-order valence-corrected chi connectivity index (χ1v) is 6.36. The Bertz CT molecular complexity index is 363. The van der Waals surface area contributed by atoms with E-state index in [2.05, 4.69) is 36.7 Å². The Hall–Kier alpha value is -0.410. The van der Waals surface area contributed by atoms with Crippen molar-refractivity contribution < 1.29 is 4.39 Å². The molecule has 1 unspecified atom stereocenters. The van der Waals surface area contributed by atoms with Gasteiger partial charge in [0.2, 0.25) is 0 Å². The summed E-state index contributed by atoms with van der Waals surface area (Å²) in [6.45, 7) is 6.41. The summed E-state index contributed by atoms with van der Waals surface area (Å²) in [7, 11) is 0. The molecule has 0 aliphatic heterocycles. The van der Waals surface area contributed by atoms with Gasteiger partial charge in [-0.25, -0.2) is 4.39 Å². The second kappa shape index (κ2) is 5.28. The van der Waals surface area contributed by atoms with Gasteiger partial charge in [-0.05, 0) is 45.8 Å². The van der Waals surface area contributed by atoms with E-state index >= 15 is 0 Å². The average molecular weight is 288 g/mol.